The largest absolute Gasteiger partial charge is 0.494 e. The fraction of sp³-hybridized carbons (Fsp3) is 0.125. The number of pyridine rings is 1. The Morgan fingerprint density at radius 1 is 0.935 bits per heavy atom. The van der Waals surface area contributed by atoms with Crippen LogP contribution in [0.25, 0.3) is 11.3 Å². The molecular formula is C24H22N4O2S. The Morgan fingerprint density at radius 3 is 2.45 bits per heavy atom. The normalized spacial score (nSPS) is 10.5. The highest BCUT2D eigenvalue weighted by atomic mass is 32.1. The van der Waals surface area contributed by atoms with Gasteiger partial charge in [-0.3, -0.25) is 9.78 Å². The summed E-state index contributed by atoms with van der Waals surface area (Å²) in [5.41, 5.74) is 3.61. The molecule has 156 valence electrons. The summed E-state index contributed by atoms with van der Waals surface area (Å²) >= 11 is 1.54. The van der Waals surface area contributed by atoms with Crippen LogP contribution in [0.2, 0.25) is 0 Å². The lowest BCUT2D eigenvalue weighted by atomic mass is 10.2. The number of para-hydroxylation sites is 1. The maximum Gasteiger partial charge on any atom is 0.224 e. The van der Waals surface area contributed by atoms with Gasteiger partial charge in [0.1, 0.15) is 5.75 Å². The van der Waals surface area contributed by atoms with Gasteiger partial charge in [0.2, 0.25) is 5.91 Å². The van der Waals surface area contributed by atoms with E-state index >= 15 is 0 Å². The van der Waals surface area contributed by atoms with Crippen molar-refractivity contribution >= 4 is 33.8 Å². The second-order valence-corrected chi connectivity index (χ2v) is 7.65. The first-order chi connectivity index (χ1) is 15.3. The minimum atomic E-state index is -0.0284. The number of hydrogen-bond acceptors (Lipinski definition) is 6. The van der Waals surface area contributed by atoms with E-state index < -0.39 is 0 Å². The predicted octanol–water partition coefficient (Wildman–Crippen LogP) is 5.75. The summed E-state index contributed by atoms with van der Waals surface area (Å²) in [6.45, 7) is 0.510. The maximum absolute atomic E-state index is 12.1. The number of anilines is 3. The maximum atomic E-state index is 12.1. The highest BCUT2D eigenvalue weighted by Crippen LogP contribution is 2.27. The van der Waals surface area contributed by atoms with Crippen molar-refractivity contribution in [3.05, 3.63) is 84.5 Å². The molecule has 31 heavy (non-hydrogen) atoms. The van der Waals surface area contributed by atoms with Gasteiger partial charge in [-0.1, -0.05) is 18.2 Å². The molecule has 1 amide bonds. The van der Waals surface area contributed by atoms with Gasteiger partial charge in [0.25, 0.3) is 0 Å². The van der Waals surface area contributed by atoms with E-state index in [0.29, 0.717) is 19.4 Å². The molecular weight excluding hydrogens is 408 g/mol. The lowest BCUT2D eigenvalue weighted by molar-refractivity contribution is -0.116. The van der Waals surface area contributed by atoms with Crippen molar-refractivity contribution in [1.82, 2.24) is 9.97 Å². The van der Waals surface area contributed by atoms with Crippen molar-refractivity contribution in [2.24, 2.45) is 0 Å². The summed E-state index contributed by atoms with van der Waals surface area (Å²) in [4.78, 5) is 20.8. The second-order valence-electron chi connectivity index (χ2n) is 6.79. The van der Waals surface area contributed by atoms with E-state index in [4.69, 9.17) is 4.74 Å². The van der Waals surface area contributed by atoms with E-state index in [9.17, 15) is 4.79 Å². The first-order valence-corrected chi connectivity index (χ1v) is 10.8. The van der Waals surface area contributed by atoms with E-state index in [-0.39, 0.29) is 5.91 Å². The summed E-state index contributed by atoms with van der Waals surface area (Å²) in [7, 11) is 0. The average Bonchev–Trinajstić information content (AvgIpc) is 3.28. The Kier molecular flexibility index (Phi) is 6.87. The standard InChI is InChI=1S/C24H22N4O2S/c29-23(7-4-16-30-21-5-2-1-3-6-21)26-19-8-10-20(11-9-19)27-24-28-22(17-31-24)18-12-14-25-15-13-18/h1-3,5-6,8-15,17H,4,7,16H2,(H,26,29)(H,27,28). The van der Waals surface area contributed by atoms with Gasteiger partial charge in [-0.25, -0.2) is 4.98 Å². The molecule has 0 saturated heterocycles. The first kappa shape index (κ1) is 20.6. The Labute approximate surface area is 185 Å². The molecule has 4 rings (SSSR count). The number of thiazole rings is 1. The molecule has 7 heteroatoms. The number of aromatic nitrogens is 2. The van der Waals surface area contributed by atoms with Crippen molar-refractivity contribution in [3.8, 4) is 17.0 Å². The molecule has 0 aliphatic carbocycles. The number of benzene rings is 2. The number of amides is 1. The van der Waals surface area contributed by atoms with E-state index in [0.717, 1.165) is 33.5 Å². The quantitative estimate of drug-likeness (QED) is 0.331. The van der Waals surface area contributed by atoms with E-state index in [2.05, 4.69) is 20.6 Å². The summed E-state index contributed by atoms with van der Waals surface area (Å²) < 4.78 is 5.61. The van der Waals surface area contributed by atoms with Crippen LogP contribution < -0.4 is 15.4 Å². The van der Waals surface area contributed by atoms with Gasteiger partial charge in [0.15, 0.2) is 5.13 Å². The van der Waals surface area contributed by atoms with Gasteiger partial charge in [-0.15, -0.1) is 11.3 Å². The van der Waals surface area contributed by atoms with Crippen LogP contribution in [0, 0.1) is 0 Å². The number of nitrogens with one attached hydrogen (secondary N) is 2. The van der Waals surface area contributed by atoms with Gasteiger partial charge in [0.05, 0.1) is 12.3 Å². The Bertz CT molecular complexity index is 1100. The second kappa shape index (κ2) is 10.4. The number of ether oxygens (including phenoxy) is 1. The number of hydrogen-bond donors (Lipinski definition) is 2. The third-order valence-corrected chi connectivity index (χ3v) is 5.22. The zero-order valence-corrected chi connectivity index (χ0v) is 17.6. The first-order valence-electron chi connectivity index (χ1n) is 9.97. The minimum absolute atomic E-state index is 0.0284. The number of rotatable bonds is 9. The van der Waals surface area contributed by atoms with Gasteiger partial charge in [0, 0.05) is 41.1 Å². The van der Waals surface area contributed by atoms with E-state index in [1.165, 1.54) is 11.3 Å². The summed E-state index contributed by atoms with van der Waals surface area (Å²) in [6.07, 6.45) is 4.57. The van der Waals surface area contributed by atoms with Crippen molar-refractivity contribution < 1.29 is 9.53 Å². The van der Waals surface area contributed by atoms with Crippen LogP contribution in [0.15, 0.2) is 84.5 Å². The molecule has 0 aliphatic heterocycles. The Hall–Kier alpha value is -3.71. The Balaban J connectivity index is 1.23. The van der Waals surface area contributed by atoms with Crippen molar-refractivity contribution in [3.63, 3.8) is 0 Å². The van der Waals surface area contributed by atoms with Gasteiger partial charge in [-0.05, 0) is 55.0 Å². The Morgan fingerprint density at radius 2 is 1.68 bits per heavy atom. The highest BCUT2D eigenvalue weighted by Gasteiger charge is 2.06. The number of carbonyl (C=O) groups is 1. The van der Waals surface area contributed by atoms with Crippen LogP contribution in [-0.4, -0.2) is 22.5 Å². The van der Waals surface area contributed by atoms with Gasteiger partial charge < -0.3 is 15.4 Å². The van der Waals surface area contributed by atoms with Crippen LogP contribution in [0.5, 0.6) is 5.75 Å². The lowest BCUT2D eigenvalue weighted by Crippen LogP contribution is -2.12. The minimum Gasteiger partial charge on any atom is -0.494 e. The highest BCUT2D eigenvalue weighted by molar-refractivity contribution is 7.14. The molecule has 2 heterocycles. The van der Waals surface area contributed by atoms with E-state index in [1.54, 1.807) is 12.4 Å². The van der Waals surface area contributed by atoms with Gasteiger partial charge >= 0.3 is 0 Å². The molecule has 2 aromatic heterocycles. The molecule has 4 aromatic rings. The van der Waals surface area contributed by atoms with E-state index in [1.807, 2.05) is 72.1 Å². The molecule has 0 aliphatic rings. The molecule has 0 spiro atoms. The predicted molar refractivity (Wildman–Crippen MR) is 125 cm³/mol. The molecule has 0 fully saturated rings. The summed E-state index contributed by atoms with van der Waals surface area (Å²) in [6, 6.07) is 21.1. The van der Waals surface area contributed by atoms with Crippen molar-refractivity contribution in [2.75, 3.05) is 17.2 Å². The van der Waals surface area contributed by atoms with Crippen molar-refractivity contribution in [1.29, 1.82) is 0 Å². The lowest BCUT2D eigenvalue weighted by Gasteiger charge is -2.08. The molecule has 0 unspecified atom stereocenters. The topological polar surface area (TPSA) is 76.1 Å². The van der Waals surface area contributed by atoms with Crippen LogP contribution in [-0.2, 0) is 4.79 Å². The number of carbonyl (C=O) groups excluding carboxylic acids is 1. The van der Waals surface area contributed by atoms with Crippen LogP contribution >= 0.6 is 11.3 Å². The monoisotopic (exact) mass is 430 g/mol. The molecule has 6 nitrogen and oxygen atoms in total. The molecule has 0 bridgehead atoms. The third-order valence-electron chi connectivity index (χ3n) is 4.46. The molecule has 2 N–H and O–H groups in total. The smallest absolute Gasteiger partial charge is 0.224 e. The zero-order chi connectivity index (χ0) is 21.3. The van der Waals surface area contributed by atoms with Crippen LogP contribution in [0.3, 0.4) is 0 Å². The van der Waals surface area contributed by atoms with Crippen LogP contribution in [0.4, 0.5) is 16.5 Å². The molecule has 0 saturated carbocycles. The fourth-order valence-corrected chi connectivity index (χ4v) is 3.65. The summed E-state index contributed by atoms with van der Waals surface area (Å²) in [5, 5.41) is 9.03. The third kappa shape index (κ3) is 6.13. The SMILES string of the molecule is O=C(CCCOc1ccccc1)Nc1ccc(Nc2nc(-c3ccncc3)cs2)cc1. The molecule has 2 aromatic carbocycles. The number of nitrogens with zero attached hydrogens (tertiary/aromatic N) is 2. The van der Waals surface area contributed by atoms with Crippen molar-refractivity contribution in [2.45, 2.75) is 12.8 Å². The van der Waals surface area contributed by atoms with Crippen LogP contribution in [0.1, 0.15) is 12.8 Å². The molecule has 0 atom stereocenters. The van der Waals surface area contributed by atoms with Gasteiger partial charge in [-0.2, -0.15) is 0 Å². The molecule has 0 radical (unpaired) electrons. The fourth-order valence-electron chi connectivity index (χ4n) is 2.91. The zero-order valence-electron chi connectivity index (χ0n) is 16.8. The average molecular weight is 431 g/mol. The summed E-state index contributed by atoms with van der Waals surface area (Å²) in [5.74, 6) is 0.790.